The predicted molar refractivity (Wildman–Crippen MR) is 104 cm³/mol. The molecule has 0 amide bonds. The fourth-order valence-corrected chi connectivity index (χ4v) is 3.15. The molecule has 3 rings (SSSR count). The second-order valence-electron chi connectivity index (χ2n) is 6.76. The molecule has 0 bridgehead atoms. The molecule has 10 heteroatoms. The zero-order chi connectivity index (χ0) is 21.9. The number of pyridine rings is 1. The first-order valence-electron chi connectivity index (χ1n) is 8.96. The van der Waals surface area contributed by atoms with Gasteiger partial charge in [-0.15, -0.1) is 0 Å². The smallest absolute Gasteiger partial charge is 0.421 e. The summed E-state index contributed by atoms with van der Waals surface area (Å²) in [7, 11) is 2.43. The quantitative estimate of drug-likeness (QED) is 0.603. The van der Waals surface area contributed by atoms with Crippen LogP contribution in [0, 0.1) is 6.92 Å². The average molecular weight is 422 g/mol. The standard InChI is InChI=1S/C20H21F3N4O3/c1-12-7-8-14-15(26-12)5-4-6-16(14)27-17(13-9-24-18(30-3)25-10-13)19(28,11-29-2)20(21,22)23/h4-10,17,27-28H,11H2,1-3H3. The summed E-state index contributed by atoms with van der Waals surface area (Å²) in [5, 5.41) is 14.2. The summed E-state index contributed by atoms with van der Waals surface area (Å²) in [4.78, 5) is 12.2. The van der Waals surface area contributed by atoms with Gasteiger partial charge in [0, 0.05) is 41.8 Å². The van der Waals surface area contributed by atoms with E-state index in [1.165, 1.54) is 19.5 Å². The number of fused-ring (bicyclic) bond motifs is 1. The van der Waals surface area contributed by atoms with Crippen molar-refractivity contribution in [2.24, 2.45) is 0 Å². The summed E-state index contributed by atoms with van der Waals surface area (Å²) in [6.45, 7) is 0.820. The number of ether oxygens (including phenoxy) is 2. The van der Waals surface area contributed by atoms with Gasteiger partial charge in [0.1, 0.15) is 0 Å². The molecule has 0 aliphatic heterocycles. The Kier molecular flexibility index (Phi) is 6.09. The highest BCUT2D eigenvalue weighted by atomic mass is 19.4. The van der Waals surface area contributed by atoms with Crippen LogP contribution in [0.5, 0.6) is 6.01 Å². The molecular formula is C20H21F3N4O3. The number of benzene rings is 1. The number of aliphatic hydroxyl groups is 1. The number of nitrogens with one attached hydrogen (secondary N) is 1. The first-order chi connectivity index (χ1) is 14.2. The van der Waals surface area contributed by atoms with Crippen LogP contribution < -0.4 is 10.1 Å². The summed E-state index contributed by atoms with van der Waals surface area (Å²) in [6.07, 6.45) is -2.67. The van der Waals surface area contributed by atoms with Crippen LogP contribution >= 0.6 is 0 Å². The van der Waals surface area contributed by atoms with Crippen LogP contribution in [-0.4, -0.2) is 52.7 Å². The van der Waals surface area contributed by atoms with E-state index in [9.17, 15) is 18.3 Å². The van der Waals surface area contributed by atoms with Gasteiger partial charge in [0.15, 0.2) is 0 Å². The second-order valence-corrected chi connectivity index (χ2v) is 6.76. The number of rotatable bonds is 7. The Hall–Kier alpha value is -2.98. The molecule has 2 heterocycles. The molecule has 7 nitrogen and oxygen atoms in total. The lowest BCUT2D eigenvalue weighted by Crippen LogP contribution is -2.55. The van der Waals surface area contributed by atoms with Crippen molar-refractivity contribution in [3.63, 3.8) is 0 Å². The third-order valence-electron chi connectivity index (χ3n) is 4.67. The molecule has 30 heavy (non-hydrogen) atoms. The number of aromatic nitrogens is 3. The van der Waals surface area contributed by atoms with Crippen LogP contribution in [0.1, 0.15) is 17.3 Å². The van der Waals surface area contributed by atoms with E-state index >= 15 is 0 Å². The molecule has 160 valence electrons. The first-order valence-corrected chi connectivity index (χ1v) is 8.96. The van der Waals surface area contributed by atoms with E-state index in [0.29, 0.717) is 16.6 Å². The van der Waals surface area contributed by atoms with Crippen molar-refractivity contribution in [1.82, 2.24) is 15.0 Å². The minimum Gasteiger partial charge on any atom is -0.467 e. The van der Waals surface area contributed by atoms with Crippen LogP contribution in [0.15, 0.2) is 42.7 Å². The SMILES string of the molecule is COCC(O)(C(Nc1cccc2nc(C)ccc12)c1cnc(OC)nc1)C(F)(F)F. The normalized spacial score (nSPS) is 14.9. The molecule has 2 unspecified atom stereocenters. The molecule has 2 atom stereocenters. The summed E-state index contributed by atoms with van der Waals surface area (Å²) in [6, 6.07) is 6.86. The maximum Gasteiger partial charge on any atom is 0.421 e. The third kappa shape index (κ3) is 4.14. The number of alkyl halides is 3. The molecule has 0 saturated carbocycles. The first kappa shape index (κ1) is 21.7. The zero-order valence-corrected chi connectivity index (χ0v) is 16.6. The van der Waals surface area contributed by atoms with Gasteiger partial charge in [0.2, 0.25) is 5.60 Å². The van der Waals surface area contributed by atoms with E-state index in [2.05, 4.69) is 20.3 Å². The fourth-order valence-electron chi connectivity index (χ4n) is 3.15. The average Bonchev–Trinajstić information content (AvgIpc) is 2.71. The number of hydrogen-bond donors (Lipinski definition) is 2. The van der Waals surface area contributed by atoms with Crippen molar-refractivity contribution in [3.05, 3.63) is 54.0 Å². The van der Waals surface area contributed by atoms with Crippen molar-refractivity contribution >= 4 is 16.6 Å². The summed E-state index contributed by atoms with van der Waals surface area (Å²) >= 11 is 0. The van der Waals surface area contributed by atoms with Crippen molar-refractivity contribution in [2.45, 2.75) is 24.7 Å². The lowest BCUT2D eigenvalue weighted by atomic mass is 9.89. The van der Waals surface area contributed by atoms with Gasteiger partial charge in [0.25, 0.3) is 0 Å². The lowest BCUT2D eigenvalue weighted by Gasteiger charge is -2.38. The molecule has 0 saturated heterocycles. The van der Waals surface area contributed by atoms with E-state index < -0.39 is 24.4 Å². The van der Waals surface area contributed by atoms with Crippen LogP contribution in [0.2, 0.25) is 0 Å². The van der Waals surface area contributed by atoms with Crippen molar-refractivity contribution in [1.29, 1.82) is 0 Å². The summed E-state index contributed by atoms with van der Waals surface area (Å²) in [5.41, 5.74) is -1.53. The molecule has 0 aliphatic carbocycles. The predicted octanol–water partition coefficient (Wildman–Crippen LogP) is 3.43. The van der Waals surface area contributed by atoms with Gasteiger partial charge >= 0.3 is 12.2 Å². The molecule has 0 spiro atoms. The Balaban J connectivity index is 2.14. The van der Waals surface area contributed by atoms with Crippen LogP contribution in [0.4, 0.5) is 18.9 Å². The fraction of sp³-hybridized carbons (Fsp3) is 0.350. The van der Waals surface area contributed by atoms with E-state index in [1.807, 2.05) is 6.92 Å². The van der Waals surface area contributed by atoms with Gasteiger partial charge in [-0.3, -0.25) is 4.98 Å². The molecule has 2 aromatic heterocycles. The van der Waals surface area contributed by atoms with E-state index in [-0.39, 0.29) is 11.6 Å². The Bertz CT molecular complexity index is 1010. The Morgan fingerprint density at radius 3 is 2.40 bits per heavy atom. The highest BCUT2D eigenvalue weighted by Gasteiger charge is 2.59. The number of hydrogen-bond acceptors (Lipinski definition) is 7. The minimum atomic E-state index is -5.01. The Labute approximate surface area is 170 Å². The van der Waals surface area contributed by atoms with Gasteiger partial charge in [-0.25, -0.2) is 9.97 Å². The topological polar surface area (TPSA) is 89.4 Å². The highest BCUT2D eigenvalue weighted by molar-refractivity contribution is 5.91. The number of nitrogens with zero attached hydrogens (tertiary/aromatic N) is 3. The third-order valence-corrected chi connectivity index (χ3v) is 4.67. The van der Waals surface area contributed by atoms with Gasteiger partial charge in [-0.1, -0.05) is 6.07 Å². The highest BCUT2D eigenvalue weighted by Crippen LogP contribution is 2.42. The van der Waals surface area contributed by atoms with Crippen LogP contribution in [-0.2, 0) is 4.74 Å². The number of anilines is 1. The van der Waals surface area contributed by atoms with Gasteiger partial charge < -0.3 is 19.9 Å². The lowest BCUT2D eigenvalue weighted by molar-refractivity contribution is -0.279. The van der Waals surface area contributed by atoms with E-state index in [0.717, 1.165) is 12.8 Å². The van der Waals surface area contributed by atoms with Gasteiger partial charge in [0.05, 0.1) is 25.3 Å². The van der Waals surface area contributed by atoms with Crippen LogP contribution in [0.3, 0.4) is 0 Å². The van der Waals surface area contributed by atoms with Crippen LogP contribution in [0.25, 0.3) is 10.9 Å². The van der Waals surface area contributed by atoms with Crippen molar-refractivity contribution < 1.29 is 27.8 Å². The summed E-state index contributed by atoms with van der Waals surface area (Å²) in [5.74, 6) is 0. The molecule has 3 aromatic rings. The second kappa shape index (κ2) is 8.41. The minimum absolute atomic E-state index is 0.00440. The molecule has 2 N–H and O–H groups in total. The Morgan fingerprint density at radius 2 is 1.80 bits per heavy atom. The van der Waals surface area contributed by atoms with Crippen molar-refractivity contribution in [3.8, 4) is 6.01 Å². The molecular weight excluding hydrogens is 401 g/mol. The largest absolute Gasteiger partial charge is 0.467 e. The summed E-state index contributed by atoms with van der Waals surface area (Å²) < 4.78 is 51.6. The van der Waals surface area contributed by atoms with E-state index in [4.69, 9.17) is 9.47 Å². The molecule has 1 aromatic carbocycles. The Morgan fingerprint density at radius 1 is 1.10 bits per heavy atom. The number of halogens is 3. The number of aryl methyl sites for hydroxylation is 1. The van der Waals surface area contributed by atoms with Gasteiger partial charge in [-0.2, -0.15) is 13.2 Å². The maximum atomic E-state index is 14.0. The number of methoxy groups -OCH3 is 2. The van der Waals surface area contributed by atoms with E-state index in [1.54, 1.807) is 30.3 Å². The van der Waals surface area contributed by atoms with Gasteiger partial charge in [-0.05, 0) is 31.2 Å². The molecule has 0 fully saturated rings. The zero-order valence-electron chi connectivity index (χ0n) is 16.6. The molecule has 0 radical (unpaired) electrons. The van der Waals surface area contributed by atoms with Crippen molar-refractivity contribution in [2.75, 3.05) is 26.1 Å². The molecule has 0 aliphatic rings. The maximum absolute atomic E-state index is 14.0. The monoisotopic (exact) mass is 422 g/mol.